The summed E-state index contributed by atoms with van der Waals surface area (Å²) in [5.74, 6) is 1.52. The third kappa shape index (κ3) is 3.55. The summed E-state index contributed by atoms with van der Waals surface area (Å²) in [6.07, 6.45) is 1.01. The summed E-state index contributed by atoms with van der Waals surface area (Å²) in [4.78, 5) is 28.4. The minimum absolute atomic E-state index is 0.0115. The van der Waals surface area contributed by atoms with Crippen LogP contribution in [0.25, 0.3) is 0 Å². The van der Waals surface area contributed by atoms with Crippen LogP contribution in [0.1, 0.15) is 41.4 Å². The minimum Gasteiger partial charge on any atom is -0.493 e. The number of allylic oxidation sites excluding steroid dienone is 2. The summed E-state index contributed by atoms with van der Waals surface area (Å²) in [7, 11) is 7.17. The number of benzene rings is 2. The van der Waals surface area contributed by atoms with E-state index >= 15 is 0 Å². The Kier molecular flexibility index (Phi) is 5.43. The lowest BCUT2D eigenvalue weighted by Gasteiger charge is -2.34. The fourth-order valence-electron chi connectivity index (χ4n) is 5.06. The number of methoxy groups -OCH3 is 2. The second-order valence-electron chi connectivity index (χ2n) is 8.95. The number of rotatable bonds is 5. The van der Waals surface area contributed by atoms with Crippen molar-refractivity contribution in [2.24, 2.45) is 0 Å². The standard InChI is InChI=1S/C26H28N4O4/c1-30(2)17-8-5-14(6-9-17)22-23-18(27-25-24(22)26(32)29-28-25)11-16(12-19(23)31)15-7-10-20(33-3)21(13-15)34-4/h5-10,13,16,22H,11-12H2,1-4H3,(H3,27,28,29,32)/t16-,22-/m0/s1. The molecule has 0 amide bonds. The maximum absolute atomic E-state index is 13.6. The van der Waals surface area contributed by atoms with Crippen molar-refractivity contribution >= 4 is 17.3 Å². The summed E-state index contributed by atoms with van der Waals surface area (Å²) in [5.41, 5.74) is 4.84. The maximum atomic E-state index is 13.6. The molecule has 2 heterocycles. The number of anilines is 2. The van der Waals surface area contributed by atoms with Crippen LogP contribution in [0.2, 0.25) is 0 Å². The van der Waals surface area contributed by atoms with Crippen molar-refractivity contribution in [1.29, 1.82) is 0 Å². The predicted molar refractivity (Wildman–Crippen MR) is 131 cm³/mol. The third-order valence-electron chi connectivity index (χ3n) is 6.80. The molecule has 0 radical (unpaired) electrons. The summed E-state index contributed by atoms with van der Waals surface area (Å²) in [5, 5.41) is 8.97. The van der Waals surface area contributed by atoms with E-state index in [2.05, 4.69) is 15.5 Å². The Hall–Kier alpha value is -3.94. The first-order valence-corrected chi connectivity index (χ1v) is 11.2. The Morgan fingerprint density at radius 1 is 0.882 bits per heavy atom. The van der Waals surface area contributed by atoms with E-state index in [-0.39, 0.29) is 17.3 Å². The van der Waals surface area contributed by atoms with Crippen molar-refractivity contribution in [1.82, 2.24) is 10.2 Å². The molecular weight excluding hydrogens is 432 g/mol. The van der Waals surface area contributed by atoms with Crippen molar-refractivity contribution < 1.29 is 14.3 Å². The van der Waals surface area contributed by atoms with Gasteiger partial charge in [0.25, 0.3) is 5.56 Å². The molecule has 1 aliphatic carbocycles. The van der Waals surface area contributed by atoms with Crippen LogP contribution >= 0.6 is 0 Å². The van der Waals surface area contributed by atoms with E-state index in [1.54, 1.807) is 14.2 Å². The fraction of sp³-hybridized carbons (Fsp3) is 0.308. The predicted octanol–water partition coefficient (Wildman–Crippen LogP) is 3.74. The van der Waals surface area contributed by atoms with Gasteiger partial charge in [0.2, 0.25) is 0 Å². The van der Waals surface area contributed by atoms with Gasteiger partial charge in [-0.15, -0.1) is 0 Å². The number of H-pyrrole nitrogens is 2. The smallest absolute Gasteiger partial charge is 0.270 e. The highest BCUT2D eigenvalue weighted by molar-refractivity contribution is 6.01. The second kappa shape index (κ2) is 8.44. The normalized spacial score (nSPS) is 19.2. The van der Waals surface area contributed by atoms with Crippen LogP contribution in [0.5, 0.6) is 11.5 Å². The molecule has 5 rings (SSSR count). The molecule has 3 N–H and O–H groups in total. The lowest BCUT2D eigenvalue weighted by atomic mass is 9.73. The number of carbonyl (C=O) groups excluding carboxylic acids is 1. The van der Waals surface area contributed by atoms with Gasteiger partial charge in [0.15, 0.2) is 17.3 Å². The topological polar surface area (TPSA) is 99.4 Å². The number of Topliss-reactive ketones (excluding diaryl/α,β-unsaturated/α-hetero) is 1. The first-order valence-electron chi connectivity index (χ1n) is 11.2. The van der Waals surface area contributed by atoms with Gasteiger partial charge in [-0.1, -0.05) is 18.2 Å². The molecule has 0 spiro atoms. The molecule has 2 aliphatic rings. The van der Waals surface area contributed by atoms with Gasteiger partial charge >= 0.3 is 0 Å². The van der Waals surface area contributed by atoms with E-state index < -0.39 is 5.92 Å². The SMILES string of the molecule is COc1ccc([C@@H]2CC(=O)C3=C(C2)Nc2[nH][nH]c(=O)c2[C@H]3c2ccc(N(C)C)cc2)cc1OC. The third-order valence-corrected chi connectivity index (χ3v) is 6.80. The van der Waals surface area contributed by atoms with Gasteiger partial charge in [0.05, 0.1) is 19.8 Å². The van der Waals surface area contributed by atoms with Crippen LogP contribution in [0.3, 0.4) is 0 Å². The number of aromatic nitrogens is 2. The van der Waals surface area contributed by atoms with Crippen LogP contribution in [-0.4, -0.2) is 44.3 Å². The zero-order valence-electron chi connectivity index (χ0n) is 19.7. The summed E-state index contributed by atoms with van der Waals surface area (Å²) < 4.78 is 10.8. The highest BCUT2D eigenvalue weighted by Crippen LogP contribution is 2.47. The van der Waals surface area contributed by atoms with Crippen LogP contribution in [0.4, 0.5) is 11.5 Å². The van der Waals surface area contributed by atoms with Crippen LogP contribution in [0, 0.1) is 0 Å². The number of nitrogens with zero attached hydrogens (tertiary/aromatic N) is 1. The second-order valence-corrected chi connectivity index (χ2v) is 8.95. The van der Waals surface area contributed by atoms with Gasteiger partial charge < -0.3 is 19.7 Å². The van der Waals surface area contributed by atoms with Crippen molar-refractivity contribution in [2.75, 3.05) is 38.5 Å². The maximum Gasteiger partial charge on any atom is 0.270 e. The van der Waals surface area contributed by atoms with E-state index in [1.165, 1.54) is 0 Å². The van der Waals surface area contributed by atoms with Crippen molar-refractivity contribution in [3.05, 3.63) is 80.8 Å². The molecular formula is C26H28N4O4. The summed E-state index contributed by atoms with van der Waals surface area (Å²) >= 11 is 0. The molecule has 1 aromatic heterocycles. The van der Waals surface area contributed by atoms with E-state index in [0.717, 1.165) is 22.5 Å². The van der Waals surface area contributed by atoms with Crippen molar-refractivity contribution in [2.45, 2.75) is 24.7 Å². The fourth-order valence-corrected chi connectivity index (χ4v) is 5.06. The number of carbonyl (C=O) groups is 1. The first-order chi connectivity index (χ1) is 16.4. The van der Waals surface area contributed by atoms with E-state index in [4.69, 9.17) is 9.47 Å². The molecule has 0 saturated heterocycles. The van der Waals surface area contributed by atoms with E-state index in [0.29, 0.717) is 41.3 Å². The minimum atomic E-state index is -0.420. The molecule has 8 nitrogen and oxygen atoms in total. The highest BCUT2D eigenvalue weighted by Gasteiger charge is 2.40. The average molecular weight is 461 g/mol. The number of ketones is 1. The lowest BCUT2D eigenvalue weighted by Crippen LogP contribution is -2.31. The molecule has 2 aromatic carbocycles. The van der Waals surface area contributed by atoms with E-state index in [9.17, 15) is 9.59 Å². The monoisotopic (exact) mass is 460 g/mol. The van der Waals surface area contributed by atoms with E-state index in [1.807, 2.05) is 61.5 Å². The molecule has 3 aromatic rings. The average Bonchev–Trinajstić information content (AvgIpc) is 3.22. The van der Waals surface area contributed by atoms with Gasteiger partial charge in [0.1, 0.15) is 5.82 Å². The number of aromatic amines is 2. The van der Waals surface area contributed by atoms with Gasteiger partial charge in [-0.3, -0.25) is 19.8 Å². The summed E-state index contributed by atoms with van der Waals surface area (Å²) in [6.45, 7) is 0. The highest BCUT2D eigenvalue weighted by atomic mass is 16.5. The summed E-state index contributed by atoms with van der Waals surface area (Å²) in [6, 6.07) is 13.8. The Bertz CT molecular complexity index is 1330. The number of hydrogen-bond donors (Lipinski definition) is 3. The number of fused-ring (bicyclic) bond motifs is 1. The molecule has 2 atom stereocenters. The van der Waals surface area contributed by atoms with Gasteiger partial charge in [0, 0.05) is 43.4 Å². The Morgan fingerprint density at radius 2 is 1.59 bits per heavy atom. The molecule has 0 saturated carbocycles. The number of hydrogen-bond acceptors (Lipinski definition) is 6. The zero-order chi connectivity index (χ0) is 24.0. The van der Waals surface area contributed by atoms with Gasteiger partial charge in [-0.2, -0.15) is 0 Å². The quantitative estimate of drug-likeness (QED) is 0.536. The first kappa shape index (κ1) is 21.9. The van der Waals surface area contributed by atoms with Crippen molar-refractivity contribution in [3.63, 3.8) is 0 Å². The molecule has 1 aliphatic heterocycles. The van der Waals surface area contributed by atoms with Crippen LogP contribution in [0.15, 0.2) is 58.5 Å². The molecule has 0 bridgehead atoms. The Labute approximate surface area is 197 Å². The van der Waals surface area contributed by atoms with Gasteiger partial charge in [-0.05, 0) is 47.7 Å². The lowest BCUT2D eigenvalue weighted by molar-refractivity contribution is -0.116. The Morgan fingerprint density at radius 3 is 2.26 bits per heavy atom. The van der Waals surface area contributed by atoms with Crippen molar-refractivity contribution in [3.8, 4) is 11.5 Å². The molecule has 0 fully saturated rings. The van der Waals surface area contributed by atoms with Crippen LogP contribution < -0.4 is 25.2 Å². The number of nitrogens with one attached hydrogen (secondary N) is 3. The number of ether oxygens (including phenoxy) is 2. The molecule has 0 unspecified atom stereocenters. The Balaban J connectivity index is 1.57. The zero-order valence-corrected chi connectivity index (χ0v) is 19.7. The molecule has 8 heteroatoms. The molecule has 176 valence electrons. The molecule has 34 heavy (non-hydrogen) atoms. The largest absolute Gasteiger partial charge is 0.493 e. The van der Waals surface area contributed by atoms with Gasteiger partial charge in [-0.25, -0.2) is 0 Å². The van der Waals surface area contributed by atoms with Crippen LogP contribution in [-0.2, 0) is 4.79 Å².